The number of methoxy groups -OCH3 is 1. The summed E-state index contributed by atoms with van der Waals surface area (Å²) in [6.07, 6.45) is -0.715. The van der Waals surface area contributed by atoms with Gasteiger partial charge in [-0.3, -0.25) is 9.59 Å². The van der Waals surface area contributed by atoms with Crippen molar-refractivity contribution in [1.82, 2.24) is 16.0 Å². The zero-order valence-electron chi connectivity index (χ0n) is 19.9. The number of rotatable bonds is 9. The van der Waals surface area contributed by atoms with Gasteiger partial charge in [0, 0.05) is 0 Å². The van der Waals surface area contributed by atoms with E-state index in [0.29, 0.717) is 0 Å². The number of hydrogen-bond donors (Lipinski definition) is 3. The van der Waals surface area contributed by atoms with Crippen LogP contribution in [0, 0.1) is 17.8 Å². The highest BCUT2D eigenvalue weighted by molar-refractivity contribution is 5.93. The monoisotopic (exact) mass is 429 g/mol. The molecule has 0 aliphatic carbocycles. The molecule has 3 atom stereocenters. The molecule has 3 amide bonds. The Morgan fingerprint density at radius 1 is 0.667 bits per heavy atom. The Balaban J connectivity index is 5.37. The summed E-state index contributed by atoms with van der Waals surface area (Å²) in [5, 5.41) is 7.91. The fourth-order valence-electron chi connectivity index (χ4n) is 2.62. The number of alkyl carbamates (subject to hydrolysis) is 1. The molecule has 0 saturated carbocycles. The van der Waals surface area contributed by atoms with Crippen LogP contribution in [0.3, 0.4) is 0 Å². The normalized spacial score (nSPS) is 14.7. The van der Waals surface area contributed by atoms with Crippen molar-refractivity contribution in [2.45, 2.75) is 86.0 Å². The first-order chi connectivity index (χ1) is 13.6. The van der Waals surface area contributed by atoms with Crippen LogP contribution in [-0.4, -0.2) is 54.7 Å². The van der Waals surface area contributed by atoms with Gasteiger partial charge < -0.3 is 25.4 Å². The first-order valence-corrected chi connectivity index (χ1v) is 10.3. The predicted molar refractivity (Wildman–Crippen MR) is 114 cm³/mol. The van der Waals surface area contributed by atoms with Crippen LogP contribution in [0.2, 0.25) is 0 Å². The Kier molecular flexibility index (Phi) is 10.9. The maximum Gasteiger partial charge on any atom is 0.408 e. The Morgan fingerprint density at radius 3 is 1.37 bits per heavy atom. The molecule has 0 spiro atoms. The molecule has 0 aliphatic rings. The summed E-state index contributed by atoms with van der Waals surface area (Å²) in [5.74, 6) is -2.26. The van der Waals surface area contributed by atoms with Crippen LogP contribution in [0.5, 0.6) is 0 Å². The maximum atomic E-state index is 12.9. The second-order valence-corrected chi connectivity index (χ2v) is 9.35. The number of esters is 1. The lowest BCUT2D eigenvalue weighted by Gasteiger charge is -2.29. The molecule has 0 aromatic carbocycles. The van der Waals surface area contributed by atoms with Crippen LogP contribution in [0.25, 0.3) is 0 Å². The summed E-state index contributed by atoms with van der Waals surface area (Å²) in [4.78, 5) is 49.7. The first-order valence-electron chi connectivity index (χ1n) is 10.3. The van der Waals surface area contributed by atoms with Crippen LogP contribution in [0.15, 0.2) is 0 Å². The molecule has 0 rings (SSSR count). The Bertz CT molecular complexity index is 610. The van der Waals surface area contributed by atoms with E-state index < -0.39 is 47.6 Å². The largest absolute Gasteiger partial charge is 0.467 e. The van der Waals surface area contributed by atoms with Crippen LogP contribution in [0.4, 0.5) is 4.79 Å². The SMILES string of the molecule is COC(=O)[C@@H](NC(=O)[C@H](NC(=O)[C@@H](NC(=O)OC(C)(C)C)C(C)C)C(C)C)C(C)C. The Labute approximate surface area is 180 Å². The molecule has 0 aromatic heterocycles. The number of amides is 3. The van der Waals surface area contributed by atoms with E-state index in [4.69, 9.17) is 9.47 Å². The molecule has 0 aromatic rings. The van der Waals surface area contributed by atoms with Gasteiger partial charge in [-0.25, -0.2) is 9.59 Å². The highest BCUT2D eigenvalue weighted by atomic mass is 16.6. The molecule has 9 heteroatoms. The Hall–Kier alpha value is -2.32. The summed E-state index contributed by atoms with van der Waals surface area (Å²) < 4.78 is 9.97. The molecule has 0 fully saturated rings. The van der Waals surface area contributed by atoms with Gasteiger partial charge in [0.1, 0.15) is 23.7 Å². The maximum absolute atomic E-state index is 12.9. The summed E-state index contributed by atoms with van der Waals surface area (Å²) in [7, 11) is 1.25. The highest BCUT2D eigenvalue weighted by Crippen LogP contribution is 2.11. The molecule has 3 N–H and O–H groups in total. The van der Waals surface area contributed by atoms with Crippen molar-refractivity contribution in [2.24, 2.45) is 17.8 Å². The fraction of sp³-hybridized carbons (Fsp3) is 0.810. The second-order valence-electron chi connectivity index (χ2n) is 9.35. The molecule has 9 nitrogen and oxygen atoms in total. The van der Waals surface area contributed by atoms with E-state index in [-0.39, 0.29) is 17.8 Å². The molecule has 0 bridgehead atoms. The highest BCUT2D eigenvalue weighted by Gasteiger charge is 2.34. The van der Waals surface area contributed by atoms with Crippen molar-refractivity contribution in [3.63, 3.8) is 0 Å². The van der Waals surface area contributed by atoms with E-state index in [0.717, 1.165) is 0 Å². The average Bonchev–Trinajstić information content (AvgIpc) is 2.58. The minimum absolute atomic E-state index is 0.192. The summed E-state index contributed by atoms with van der Waals surface area (Å²) in [6, 6.07) is -2.62. The molecule has 0 heterocycles. The summed E-state index contributed by atoms with van der Waals surface area (Å²) in [6.45, 7) is 15.8. The molecule has 0 aliphatic heterocycles. The lowest BCUT2D eigenvalue weighted by Crippen LogP contribution is -2.59. The lowest BCUT2D eigenvalue weighted by atomic mass is 9.98. The molecule has 0 radical (unpaired) electrons. The quantitative estimate of drug-likeness (QED) is 0.482. The van der Waals surface area contributed by atoms with Gasteiger partial charge >= 0.3 is 12.1 Å². The third-order valence-electron chi connectivity index (χ3n) is 4.29. The van der Waals surface area contributed by atoms with E-state index in [1.807, 2.05) is 0 Å². The average molecular weight is 430 g/mol. The van der Waals surface area contributed by atoms with Crippen molar-refractivity contribution in [3.05, 3.63) is 0 Å². The van der Waals surface area contributed by atoms with Crippen LogP contribution in [-0.2, 0) is 23.9 Å². The van der Waals surface area contributed by atoms with Gasteiger partial charge in [-0.05, 0) is 38.5 Å². The number of hydrogen-bond acceptors (Lipinski definition) is 6. The van der Waals surface area contributed by atoms with Crippen molar-refractivity contribution in [1.29, 1.82) is 0 Å². The number of nitrogens with one attached hydrogen (secondary N) is 3. The zero-order valence-corrected chi connectivity index (χ0v) is 19.9. The molecule has 0 saturated heterocycles. The molecule has 0 unspecified atom stereocenters. The van der Waals surface area contributed by atoms with Crippen LogP contribution in [0.1, 0.15) is 62.3 Å². The van der Waals surface area contributed by atoms with Crippen LogP contribution >= 0.6 is 0 Å². The van der Waals surface area contributed by atoms with E-state index in [1.54, 1.807) is 62.3 Å². The van der Waals surface area contributed by atoms with Gasteiger partial charge in [0.15, 0.2) is 0 Å². The van der Waals surface area contributed by atoms with Gasteiger partial charge in [-0.2, -0.15) is 0 Å². The Morgan fingerprint density at radius 2 is 1.03 bits per heavy atom. The van der Waals surface area contributed by atoms with Gasteiger partial charge in [0.2, 0.25) is 11.8 Å². The van der Waals surface area contributed by atoms with Crippen LogP contribution < -0.4 is 16.0 Å². The lowest BCUT2D eigenvalue weighted by molar-refractivity contribution is -0.146. The second kappa shape index (κ2) is 11.8. The number of carbonyl (C=O) groups excluding carboxylic acids is 4. The summed E-state index contributed by atoms with van der Waals surface area (Å²) in [5.41, 5.74) is -0.706. The standard InChI is InChI=1S/C21H39N3O6/c1-11(2)14(17(25)23-16(13(5)6)19(27)29-10)22-18(26)15(12(3)4)24-20(28)30-21(7,8)9/h11-16H,1-10H3,(H,22,26)(H,23,25)(H,24,28)/t14-,15+,16+/m1/s1. The zero-order chi connectivity index (χ0) is 23.8. The van der Waals surface area contributed by atoms with Crippen molar-refractivity contribution >= 4 is 23.9 Å². The molecular formula is C21H39N3O6. The third kappa shape index (κ3) is 9.45. The third-order valence-corrected chi connectivity index (χ3v) is 4.29. The molecule has 174 valence electrons. The van der Waals surface area contributed by atoms with Crippen molar-refractivity contribution in [2.75, 3.05) is 7.11 Å². The topological polar surface area (TPSA) is 123 Å². The minimum Gasteiger partial charge on any atom is -0.467 e. The predicted octanol–water partition coefficient (Wildman–Crippen LogP) is 1.99. The van der Waals surface area contributed by atoms with E-state index in [9.17, 15) is 19.2 Å². The van der Waals surface area contributed by atoms with E-state index in [1.165, 1.54) is 7.11 Å². The van der Waals surface area contributed by atoms with Gasteiger partial charge in [-0.15, -0.1) is 0 Å². The minimum atomic E-state index is -0.898. The fourth-order valence-corrected chi connectivity index (χ4v) is 2.62. The number of carbonyl (C=O) groups is 4. The van der Waals surface area contributed by atoms with Crippen molar-refractivity contribution < 1.29 is 28.7 Å². The van der Waals surface area contributed by atoms with Gasteiger partial charge in [-0.1, -0.05) is 41.5 Å². The smallest absolute Gasteiger partial charge is 0.408 e. The number of ether oxygens (including phenoxy) is 2. The molecule has 30 heavy (non-hydrogen) atoms. The van der Waals surface area contributed by atoms with Gasteiger partial charge in [0.25, 0.3) is 0 Å². The van der Waals surface area contributed by atoms with E-state index in [2.05, 4.69) is 16.0 Å². The molecular weight excluding hydrogens is 390 g/mol. The van der Waals surface area contributed by atoms with E-state index >= 15 is 0 Å². The first kappa shape index (κ1) is 27.7. The van der Waals surface area contributed by atoms with Crippen molar-refractivity contribution in [3.8, 4) is 0 Å². The van der Waals surface area contributed by atoms with Gasteiger partial charge in [0.05, 0.1) is 7.11 Å². The summed E-state index contributed by atoms with van der Waals surface area (Å²) >= 11 is 0.